The summed E-state index contributed by atoms with van der Waals surface area (Å²) in [6.07, 6.45) is 5.97. The van der Waals surface area contributed by atoms with Gasteiger partial charge in [0.1, 0.15) is 0 Å². The molecule has 0 aliphatic rings. The Morgan fingerprint density at radius 1 is 1.50 bits per heavy atom. The van der Waals surface area contributed by atoms with Crippen LogP contribution in [0.3, 0.4) is 0 Å². The third kappa shape index (κ3) is 60.5. The number of unbranched alkanes of at least 4 members (excludes halogenated alkanes) is 2. The van der Waals surface area contributed by atoms with Crippen molar-refractivity contribution in [2.24, 2.45) is 0 Å². The molecule has 2 N–H and O–H groups in total. The van der Waals surface area contributed by atoms with Crippen molar-refractivity contribution in [1.82, 2.24) is 0 Å². The topological polar surface area (TPSA) is 65.6 Å². The third-order valence-electron chi connectivity index (χ3n) is 0.762. The van der Waals surface area contributed by atoms with Crippen molar-refractivity contribution in [3.63, 3.8) is 0 Å². The van der Waals surface area contributed by atoms with Gasteiger partial charge in [0.15, 0.2) is 0 Å². The lowest BCUT2D eigenvalue weighted by Crippen LogP contribution is -1.61. The van der Waals surface area contributed by atoms with Crippen LogP contribution in [-0.4, -0.2) is 11.6 Å². The molecule has 0 fully saturated rings. The average Bonchev–Trinajstić information content (AvgIpc) is 1.86. The highest BCUT2D eigenvalue weighted by Crippen LogP contribution is 1.91. The van der Waals surface area contributed by atoms with Crippen LogP contribution in [0.15, 0.2) is 12.7 Å². The molecule has 0 aromatic carbocycles. The van der Waals surface area contributed by atoms with Crippen molar-refractivity contribution in [2.75, 3.05) is 0 Å². The van der Waals surface area contributed by atoms with Crippen LogP contribution in [0.5, 0.6) is 0 Å². The van der Waals surface area contributed by atoms with Crippen LogP contribution in [0.4, 0.5) is 0 Å². The fourth-order valence-electron chi connectivity index (χ4n) is 0.348. The van der Waals surface area contributed by atoms with Crippen molar-refractivity contribution in [3.8, 4) is 0 Å². The Kier molecular flexibility index (Phi) is 39.0. The number of hydrogen-bond donors (Lipinski definition) is 0. The number of rotatable bonds is 3. The minimum absolute atomic E-state index is 0. The largest absolute Gasteiger partial charge is 0.412 e. The first-order chi connectivity index (χ1) is 4.33. The molecule has 3 heteroatoms. The van der Waals surface area contributed by atoms with Crippen LogP contribution in [0, 0.1) is 0 Å². The van der Waals surface area contributed by atoms with Gasteiger partial charge in [-0.25, -0.2) is 0 Å². The van der Waals surface area contributed by atoms with Gasteiger partial charge >= 0.3 is 6.15 Å². The monoisotopic (exact) mass is 146 g/mol. The first kappa shape index (κ1) is 16.0. The van der Waals surface area contributed by atoms with Crippen molar-refractivity contribution in [3.05, 3.63) is 12.7 Å². The van der Waals surface area contributed by atoms with E-state index >= 15 is 0 Å². The molecule has 0 unspecified atom stereocenters. The van der Waals surface area contributed by atoms with E-state index < -0.39 is 0 Å². The maximum atomic E-state index is 8.12. The molecule has 3 nitrogen and oxygen atoms in total. The fraction of sp³-hybridized carbons (Fsp3) is 0.571. The van der Waals surface area contributed by atoms with Crippen LogP contribution >= 0.6 is 0 Å². The first-order valence-corrected chi connectivity index (χ1v) is 2.93. The maximum Gasteiger partial charge on any atom is 0.373 e. The van der Waals surface area contributed by atoms with Gasteiger partial charge in [-0.1, -0.05) is 25.8 Å². The molecule has 0 saturated carbocycles. The Labute approximate surface area is 61.0 Å². The van der Waals surface area contributed by atoms with Crippen LogP contribution in [-0.2, 0) is 9.59 Å². The Morgan fingerprint density at radius 3 is 2.00 bits per heavy atom. The smallest absolute Gasteiger partial charge is 0.373 e. The Morgan fingerprint density at radius 2 is 1.90 bits per heavy atom. The first-order valence-electron chi connectivity index (χ1n) is 2.93. The maximum absolute atomic E-state index is 8.12. The molecule has 10 heavy (non-hydrogen) atoms. The summed E-state index contributed by atoms with van der Waals surface area (Å²) in [5, 5.41) is 0. The van der Waals surface area contributed by atoms with Gasteiger partial charge in [0.25, 0.3) is 0 Å². The Bertz CT molecular complexity index is 82.9. The van der Waals surface area contributed by atoms with Gasteiger partial charge in [0.05, 0.1) is 0 Å². The Hall–Kier alpha value is -0.920. The zero-order valence-corrected chi connectivity index (χ0v) is 6.22. The minimum Gasteiger partial charge on any atom is -0.412 e. The third-order valence-corrected chi connectivity index (χ3v) is 0.762. The molecular weight excluding hydrogens is 132 g/mol. The molecule has 0 rings (SSSR count). The average molecular weight is 146 g/mol. The van der Waals surface area contributed by atoms with Crippen LogP contribution in [0.1, 0.15) is 26.2 Å². The predicted octanol–water partition coefficient (Wildman–Crippen LogP) is 0.954. The van der Waals surface area contributed by atoms with E-state index in [4.69, 9.17) is 9.59 Å². The summed E-state index contributed by atoms with van der Waals surface area (Å²) in [4.78, 5) is 16.2. The normalized spacial score (nSPS) is 5.70. The molecule has 0 saturated heterocycles. The summed E-state index contributed by atoms with van der Waals surface area (Å²) in [6, 6.07) is 0. The number of hydrogen-bond acceptors (Lipinski definition) is 2. The van der Waals surface area contributed by atoms with Crippen molar-refractivity contribution in [1.29, 1.82) is 0 Å². The van der Waals surface area contributed by atoms with Gasteiger partial charge in [0.2, 0.25) is 0 Å². The van der Waals surface area contributed by atoms with E-state index in [1.165, 1.54) is 19.3 Å². The molecule has 0 aliphatic carbocycles. The molecule has 0 aromatic rings. The molecular formula is C7H14O3. The van der Waals surface area contributed by atoms with E-state index in [0.717, 1.165) is 0 Å². The Balaban J connectivity index is -0.000000107. The summed E-state index contributed by atoms with van der Waals surface area (Å²) in [5.74, 6) is 0. The predicted molar refractivity (Wildman–Crippen MR) is 38.3 cm³/mol. The summed E-state index contributed by atoms with van der Waals surface area (Å²) < 4.78 is 0. The quantitative estimate of drug-likeness (QED) is 0.439. The molecule has 0 atom stereocenters. The molecule has 0 aliphatic heterocycles. The van der Waals surface area contributed by atoms with E-state index in [-0.39, 0.29) is 11.6 Å². The van der Waals surface area contributed by atoms with E-state index in [1.807, 2.05) is 6.08 Å². The second-order valence-corrected chi connectivity index (χ2v) is 1.51. The molecule has 0 radical (unpaired) electrons. The second-order valence-electron chi connectivity index (χ2n) is 1.51. The van der Waals surface area contributed by atoms with Gasteiger partial charge < -0.3 is 5.48 Å². The minimum atomic E-state index is 0. The van der Waals surface area contributed by atoms with Crippen molar-refractivity contribution in [2.45, 2.75) is 26.2 Å². The SMILES string of the molecule is C=CCCCC.O.O=C=O. The van der Waals surface area contributed by atoms with Crippen LogP contribution < -0.4 is 0 Å². The zero-order chi connectivity index (χ0) is 7.54. The van der Waals surface area contributed by atoms with E-state index in [1.54, 1.807) is 0 Å². The van der Waals surface area contributed by atoms with Gasteiger partial charge in [-0.2, -0.15) is 9.59 Å². The molecule has 60 valence electrons. The van der Waals surface area contributed by atoms with E-state index in [2.05, 4.69) is 13.5 Å². The molecule has 0 heterocycles. The highest BCUT2D eigenvalue weighted by Gasteiger charge is 1.71. The summed E-state index contributed by atoms with van der Waals surface area (Å²) in [7, 11) is 0. The highest BCUT2D eigenvalue weighted by atomic mass is 16.2. The lowest BCUT2D eigenvalue weighted by Gasteiger charge is -1.81. The number of allylic oxidation sites excluding steroid dienone is 1. The second kappa shape index (κ2) is 24.3. The highest BCUT2D eigenvalue weighted by molar-refractivity contribution is 5.20. The standard InChI is InChI=1S/C6H12.CO2.H2O/c1-3-5-6-4-2;2-1-3;/h3H,1,4-6H2,2H3;;1H2. The zero-order valence-electron chi connectivity index (χ0n) is 6.22. The summed E-state index contributed by atoms with van der Waals surface area (Å²) in [5.41, 5.74) is 0. The molecule has 0 aromatic heterocycles. The lowest BCUT2D eigenvalue weighted by molar-refractivity contribution is -0.191. The number of carbonyl (C=O) groups excluding carboxylic acids is 2. The summed E-state index contributed by atoms with van der Waals surface area (Å²) >= 11 is 0. The molecule has 0 amide bonds. The molecule has 0 spiro atoms. The lowest BCUT2D eigenvalue weighted by atomic mass is 10.3. The van der Waals surface area contributed by atoms with Crippen molar-refractivity contribution < 1.29 is 15.1 Å². The summed E-state index contributed by atoms with van der Waals surface area (Å²) in [6.45, 7) is 5.78. The van der Waals surface area contributed by atoms with E-state index in [0.29, 0.717) is 0 Å². The molecule has 0 bridgehead atoms. The van der Waals surface area contributed by atoms with Gasteiger partial charge in [-0.3, -0.25) is 0 Å². The fourth-order valence-corrected chi connectivity index (χ4v) is 0.348. The van der Waals surface area contributed by atoms with Gasteiger partial charge in [-0.05, 0) is 6.42 Å². The van der Waals surface area contributed by atoms with Gasteiger partial charge in [-0.15, -0.1) is 6.58 Å². The van der Waals surface area contributed by atoms with Crippen molar-refractivity contribution >= 4 is 6.15 Å². The van der Waals surface area contributed by atoms with E-state index in [9.17, 15) is 0 Å². The van der Waals surface area contributed by atoms with Crippen LogP contribution in [0.2, 0.25) is 0 Å². The van der Waals surface area contributed by atoms with Gasteiger partial charge in [0, 0.05) is 0 Å². The van der Waals surface area contributed by atoms with Crippen LogP contribution in [0.25, 0.3) is 0 Å².